The van der Waals surface area contributed by atoms with Crippen LogP contribution in [0.5, 0.6) is 0 Å². The first-order valence-corrected chi connectivity index (χ1v) is 7.93. The van der Waals surface area contributed by atoms with E-state index < -0.39 is 30.1 Å². The molecule has 1 aliphatic rings. The van der Waals surface area contributed by atoms with Gasteiger partial charge >= 0.3 is 13.1 Å². The minimum absolute atomic E-state index is 0.00556. The minimum Gasteiger partial charge on any atom is -0.466 e. The molecule has 1 aromatic carbocycles. The molecule has 0 N–H and O–H groups in total. The Morgan fingerprint density at radius 2 is 1.78 bits per heavy atom. The van der Waals surface area contributed by atoms with Crippen LogP contribution in [0.1, 0.15) is 52.4 Å². The fraction of sp³-hybridized carbons (Fsp3) is 0.588. The maximum absolute atomic E-state index is 14.3. The highest BCUT2D eigenvalue weighted by molar-refractivity contribution is 6.48. The molecule has 1 aromatic rings. The Morgan fingerprint density at radius 3 is 2.30 bits per heavy atom. The van der Waals surface area contributed by atoms with Crippen LogP contribution in [0.25, 0.3) is 0 Å². The highest BCUT2D eigenvalue weighted by atomic mass is 19.1. The second-order valence-electron chi connectivity index (χ2n) is 6.76. The van der Waals surface area contributed by atoms with Gasteiger partial charge in [-0.1, -0.05) is 18.2 Å². The van der Waals surface area contributed by atoms with Gasteiger partial charge in [0.25, 0.3) is 0 Å². The number of carbonyl (C=O) groups is 1. The van der Waals surface area contributed by atoms with Crippen LogP contribution >= 0.6 is 0 Å². The molecule has 0 saturated carbocycles. The molecular weight excluding hydrogens is 298 g/mol. The Kier molecular flexibility index (Phi) is 5.16. The van der Waals surface area contributed by atoms with E-state index in [0.29, 0.717) is 5.56 Å². The smallest absolute Gasteiger partial charge is 0.466 e. The predicted octanol–water partition coefficient (Wildman–Crippen LogP) is 3.49. The minimum atomic E-state index is -0.707. The normalized spacial score (nSPS) is 20.3. The zero-order valence-corrected chi connectivity index (χ0v) is 14.4. The van der Waals surface area contributed by atoms with Gasteiger partial charge in [0.05, 0.1) is 24.2 Å². The van der Waals surface area contributed by atoms with Gasteiger partial charge in [-0.3, -0.25) is 4.79 Å². The molecule has 126 valence electrons. The van der Waals surface area contributed by atoms with Gasteiger partial charge in [-0.25, -0.2) is 4.39 Å². The summed E-state index contributed by atoms with van der Waals surface area (Å²) in [5.41, 5.74) is -0.690. The van der Waals surface area contributed by atoms with Gasteiger partial charge in [-0.05, 0) is 46.2 Å². The average molecular weight is 322 g/mol. The molecule has 1 atom stereocenters. The van der Waals surface area contributed by atoms with Crippen molar-refractivity contribution in [1.29, 1.82) is 0 Å². The van der Waals surface area contributed by atoms with Crippen molar-refractivity contribution in [2.75, 3.05) is 6.61 Å². The van der Waals surface area contributed by atoms with Crippen LogP contribution in [-0.4, -0.2) is 30.9 Å². The molecule has 0 spiro atoms. The number of carbonyl (C=O) groups excluding carboxylic acids is 1. The number of rotatable bonds is 5. The Morgan fingerprint density at radius 1 is 1.22 bits per heavy atom. The van der Waals surface area contributed by atoms with E-state index in [1.165, 1.54) is 6.07 Å². The first kappa shape index (κ1) is 18.0. The van der Waals surface area contributed by atoms with Crippen LogP contribution in [-0.2, 0) is 18.8 Å². The van der Waals surface area contributed by atoms with Crippen molar-refractivity contribution in [3.8, 4) is 0 Å². The molecule has 0 radical (unpaired) electrons. The zero-order valence-electron chi connectivity index (χ0n) is 14.4. The third-order valence-corrected chi connectivity index (χ3v) is 4.60. The lowest BCUT2D eigenvalue weighted by molar-refractivity contribution is -0.143. The Balaban J connectivity index is 2.32. The van der Waals surface area contributed by atoms with E-state index in [9.17, 15) is 9.18 Å². The van der Waals surface area contributed by atoms with Crippen molar-refractivity contribution >= 4 is 13.1 Å². The maximum Gasteiger partial charge on any atom is 0.466 e. The number of hydrogen-bond donors (Lipinski definition) is 0. The quantitative estimate of drug-likeness (QED) is 0.615. The third-order valence-electron chi connectivity index (χ3n) is 4.60. The summed E-state index contributed by atoms with van der Waals surface area (Å²) < 4.78 is 31.3. The topological polar surface area (TPSA) is 44.8 Å². The lowest BCUT2D eigenvalue weighted by atomic mass is 9.66. The number of esters is 1. The van der Waals surface area contributed by atoms with Crippen LogP contribution in [0.2, 0.25) is 0 Å². The molecule has 4 nitrogen and oxygen atoms in total. The molecule has 0 aromatic heterocycles. The van der Waals surface area contributed by atoms with E-state index in [-0.39, 0.29) is 18.8 Å². The Hall–Kier alpha value is -1.40. The molecule has 1 saturated heterocycles. The second-order valence-corrected chi connectivity index (χ2v) is 6.76. The van der Waals surface area contributed by atoms with E-state index in [1.807, 2.05) is 27.7 Å². The lowest BCUT2D eigenvalue weighted by Crippen LogP contribution is -2.41. The van der Waals surface area contributed by atoms with Crippen molar-refractivity contribution in [2.45, 2.75) is 58.1 Å². The molecule has 1 fully saturated rings. The van der Waals surface area contributed by atoms with Crippen LogP contribution in [0, 0.1) is 5.82 Å². The van der Waals surface area contributed by atoms with Crippen molar-refractivity contribution < 1.29 is 23.2 Å². The van der Waals surface area contributed by atoms with E-state index >= 15 is 0 Å². The first-order chi connectivity index (χ1) is 10.7. The first-order valence-electron chi connectivity index (χ1n) is 7.93. The Labute approximate surface area is 137 Å². The molecular formula is C17H24BFO4. The zero-order chi connectivity index (χ0) is 17.3. The van der Waals surface area contributed by atoms with Gasteiger partial charge in [-0.15, -0.1) is 0 Å². The molecule has 0 amide bonds. The highest BCUT2D eigenvalue weighted by Gasteiger charge is 2.54. The van der Waals surface area contributed by atoms with E-state index in [1.54, 1.807) is 25.1 Å². The fourth-order valence-electron chi connectivity index (χ4n) is 2.58. The van der Waals surface area contributed by atoms with Crippen LogP contribution < -0.4 is 0 Å². The highest BCUT2D eigenvalue weighted by Crippen LogP contribution is 2.42. The molecule has 0 bridgehead atoms. The predicted molar refractivity (Wildman–Crippen MR) is 86.5 cm³/mol. The number of ether oxygens (including phenoxy) is 1. The van der Waals surface area contributed by atoms with Gasteiger partial charge in [0.15, 0.2) is 0 Å². The third kappa shape index (κ3) is 3.75. The van der Waals surface area contributed by atoms with Gasteiger partial charge < -0.3 is 14.0 Å². The van der Waals surface area contributed by atoms with E-state index in [0.717, 1.165) is 0 Å². The van der Waals surface area contributed by atoms with Crippen molar-refractivity contribution in [3.63, 3.8) is 0 Å². The van der Waals surface area contributed by atoms with Crippen LogP contribution in [0.15, 0.2) is 24.3 Å². The molecule has 2 rings (SSSR count). The van der Waals surface area contributed by atoms with E-state index in [4.69, 9.17) is 14.0 Å². The Bertz CT molecular complexity index is 557. The summed E-state index contributed by atoms with van der Waals surface area (Å²) >= 11 is 0. The van der Waals surface area contributed by atoms with Gasteiger partial charge in [0, 0.05) is 5.82 Å². The molecule has 23 heavy (non-hydrogen) atoms. The van der Waals surface area contributed by atoms with Crippen LogP contribution in [0.4, 0.5) is 4.39 Å². The monoisotopic (exact) mass is 322 g/mol. The van der Waals surface area contributed by atoms with Crippen LogP contribution in [0.3, 0.4) is 0 Å². The number of benzene rings is 1. The van der Waals surface area contributed by atoms with Gasteiger partial charge in [0.2, 0.25) is 0 Å². The van der Waals surface area contributed by atoms with Gasteiger partial charge in [-0.2, -0.15) is 0 Å². The molecule has 1 heterocycles. The standard InChI is InChI=1S/C17H24BFO4/c1-6-21-15(20)11-13(12-9-7-8-10-14(12)19)18-22-16(2,3)17(4,5)23-18/h7-10,13H,6,11H2,1-5H3. The average Bonchev–Trinajstić information content (AvgIpc) is 2.66. The molecule has 0 aliphatic carbocycles. The number of hydrogen-bond acceptors (Lipinski definition) is 4. The molecule has 1 aliphatic heterocycles. The fourth-order valence-corrected chi connectivity index (χ4v) is 2.58. The van der Waals surface area contributed by atoms with Crippen molar-refractivity contribution in [1.82, 2.24) is 0 Å². The summed E-state index contributed by atoms with van der Waals surface area (Å²) in [5, 5.41) is 0. The van der Waals surface area contributed by atoms with Crippen molar-refractivity contribution in [2.24, 2.45) is 0 Å². The molecule has 1 unspecified atom stereocenters. The maximum atomic E-state index is 14.3. The van der Waals surface area contributed by atoms with Crippen molar-refractivity contribution in [3.05, 3.63) is 35.6 Å². The van der Waals surface area contributed by atoms with Gasteiger partial charge in [0.1, 0.15) is 5.82 Å². The summed E-state index contributed by atoms with van der Waals surface area (Å²) in [5.74, 6) is -1.33. The largest absolute Gasteiger partial charge is 0.466 e. The number of halogens is 1. The summed E-state index contributed by atoms with van der Waals surface area (Å²) in [6, 6.07) is 6.38. The summed E-state index contributed by atoms with van der Waals surface area (Å²) in [6.45, 7) is 9.73. The lowest BCUT2D eigenvalue weighted by Gasteiger charge is -2.32. The van der Waals surface area contributed by atoms with E-state index in [2.05, 4.69) is 0 Å². The summed E-state index contributed by atoms with van der Waals surface area (Å²) in [7, 11) is -0.707. The second kappa shape index (κ2) is 6.61. The molecule has 6 heteroatoms. The summed E-state index contributed by atoms with van der Waals surface area (Å²) in [4.78, 5) is 12.0. The SMILES string of the molecule is CCOC(=O)CC(B1OC(C)(C)C(C)(C)O1)c1ccccc1F. The summed E-state index contributed by atoms with van der Waals surface area (Å²) in [6.07, 6.45) is 0.00556.